The fourth-order valence-electron chi connectivity index (χ4n) is 0.582. The number of nitrogens with zero attached hydrogens (tertiary/aromatic N) is 1. The molecular formula is C8H13NO. The van der Waals surface area contributed by atoms with Gasteiger partial charge in [0.05, 0.1) is 25.0 Å². The molecule has 10 heavy (non-hydrogen) atoms. The van der Waals surface area contributed by atoms with Crippen molar-refractivity contribution in [3.05, 3.63) is 12.3 Å². The summed E-state index contributed by atoms with van der Waals surface area (Å²) in [5, 5.41) is 8.05. The van der Waals surface area contributed by atoms with Crippen LogP contribution in [0.15, 0.2) is 12.3 Å². The van der Waals surface area contributed by atoms with Crippen molar-refractivity contribution in [3.63, 3.8) is 0 Å². The topological polar surface area (TPSA) is 33.0 Å². The van der Waals surface area contributed by atoms with Crippen molar-refractivity contribution in [2.45, 2.75) is 26.2 Å². The number of hydrogen-bond acceptors (Lipinski definition) is 2. The Kier molecular flexibility index (Phi) is 7.25. The van der Waals surface area contributed by atoms with Crippen LogP contribution < -0.4 is 0 Å². The average Bonchev–Trinajstić information content (AvgIpc) is 1.97. The zero-order chi connectivity index (χ0) is 7.66. The monoisotopic (exact) mass is 139 g/mol. The normalized spacial score (nSPS) is 9.60. The Morgan fingerprint density at radius 2 is 2.30 bits per heavy atom. The lowest BCUT2D eigenvalue weighted by Crippen LogP contribution is -1.85. The molecule has 0 fully saturated rings. The Hall–Kier alpha value is -0.970. The minimum Gasteiger partial charge on any atom is -0.500 e. The van der Waals surface area contributed by atoms with Crippen LogP contribution in [0.1, 0.15) is 26.2 Å². The molecule has 0 spiro atoms. The molecule has 0 atom stereocenters. The van der Waals surface area contributed by atoms with Crippen molar-refractivity contribution in [3.8, 4) is 6.07 Å². The molecule has 0 aromatic carbocycles. The third kappa shape index (κ3) is 7.03. The van der Waals surface area contributed by atoms with Gasteiger partial charge in [0.25, 0.3) is 0 Å². The summed E-state index contributed by atoms with van der Waals surface area (Å²) in [6.45, 7) is 2.87. The molecule has 0 aliphatic carbocycles. The summed E-state index contributed by atoms with van der Waals surface area (Å²) in [6.07, 6.45) is 6.25. The van der Waals surface area contributed by atoms with E-state index in [1.807, 2.05) is 6.07 Å². The molecule has 0 aliphatic heterocycles. The highest BCUT2D eigenvalue weighted by Gasteiger charge is 1.82. The second kappa shape index (κ2) is 8.03. The summed E-state index contributed by atoms with van der Waals surface area (Å²) in [6, 6.07) is 1.85. The lowest BCUT2D eigenvalue weighted by atomic mass is 10.3. The highest BCUT2D eigenvalue weighted by atomic mass is 16.5. The molecule has 0 bridgehead atoms. The SMILES string of the molecule is CCCCCOC=CC#N. The van der Waals surface area contributed by atoms with E-state index < -0.39 is 0 Å². The molecule has 0 rings (SSSR count). The Balaban J connectivity index is 2.92. The first-order valence-corrected chi connectivity index (χ1v) is 3.58. The van der Waals surface area contributed by atoms with Crippen LogP contribution in [-0.4, -0.2) is 6.61 Å². The molecule has 0 saturated carbocycles. The first-order chi connectivity index (χ1) is 4.91. The van der Waals surface area contributed by atoms with Gasteiger partial charge in [0, 0.05) is 0 Å². The molecule has 2 heteroatoms. The molecule has 0 aromatic heterocycles. The number of unbranched alkanes of at least 4 members (excludes halogenated alkanes) is 2. The molecule has 56 valence electrons. The Morgan fingerprint density at radius 1 is 1.50 bits per heavy atom. The van der Waals surface area contributed by atoms with Crippen LogP contribution in [0.25, 0.3) is 0 Å². The fourth-order valence-corrected chi connectivity index (χ4v) is 0.582. The Labute approximate surface area is 62.1 Å². The summed E-state index contributed by atoms with van der Waals surface area (Å²) in [4.78, 5) is 0. The van der Waals surface area contributed by atoms with Crippen LogP contribution >= 0.6 is 0 Å². The lowest BCUT2D eigenvalue weighted by molar-refractivity contribution is 0.242. The predicted molar refractivity (Wildman–Crippen MR) is 40.2 cm³/mol. The van der Waals surface area contributed by atoms with E-state index in [2.05, 4.69) is 6.92 Å². The standard InChI is InChI=1S/C8H13NO/c1-2-3-4-7-10-8-5-6-9/h5,8H,2-4,7H2,1H3. The Morgan fingerprint density at radius 3 is 2.90 bits per heavy atom. The zero-order valence-corrected chi connectivity index (χ0v) is 6.34. The van der Waals surface area contributed by atoms with E-state index in [4.69, 9.17) is 10.00 Å². The average molecular weight is 139 g/mol. The number of rotatable bonds is 5. The minimum absolute atomic E-state index is 0.728. The number of ether oxygens (including phenoxy) is 1. The van der Waals surface area contributed by atoms with E-state index in [-0.39, 0.29) is 0 Å². The van der Waals surface area contributed by atoms with Crippen LogP contribution in [0.2, 0.25) is 0 Å². The van der Waals surface area contributed by atoms with Crippen molar-refractivity contribution >= 4 is 0 Å². The molecule has 0 amide bonds. The molecule has 0 aliphatic rings. The van der Waals surface area contributed by atoms with E-state index in [1.165, 1.54) is 25.2 Å². The van der Waals surface area contributed by atoms with E-state index >= 15 is 0 Å². The maximum atomic E-state index is 8.05. The van der Waals surface area contributed by atoms with Gasteiger partial charge in [-0.2, -0.15) is 5.26 Å². The first kappa shape index (κ1) is 9.03. The summed E-state index contributed by atoms with van der Waals surface area (Å²) < 4.78 is 4.97. The highest BCUT2D eigenvalue weighted by Crippen LogP contribution is 1.93. The van der Waals surface area contributed by atoms with Crippen LogP contribution in [0.3, 0.4) is 0 Å². The molecule has 0 unspecified atom stereocenters. The second-order valence-corrected chi connectivity index (χ2v) is 2.01. The Bertz CT molecular complexity index is 124. The van der Waals surface area contributed by atoms with Gasteiger partial charge in [0.15, 0.2) is 0 Å². The van der Waals surface area contributed by atoms with Crippen LogP contribution in [-0.2, 0) is 4.74 Å². The largest absolute Gasteiger partial charge is 0.500 e. The summed E-state index contributed by atoms with van der Waals surface area (Å²) in [5.41, 5.74) is 0. The maximum Gasteiger partial charge on any atom is 0.0944 e. The molecule has 0 saturated heterocycles. The molecule has 0 N–H and O–H groups in total. The van der Waals surface area contributed by atoms with Crippen molar-refractivity contribution in [1.82, 2.24) is 0 Å². The van der Waals surface area contributed by atoms with Crippen molar-refractivity contribution in [2.24, 2.45) is 0 Å². The number of allylic oxidation sites excluding steroid dienone is 1. The van der Waals surface area contributed by atoms with Crippen molar-refractivity contribution in [1.29, 1.82) is 5.26 Å². The lowest BCUT2D eigenvalue weighted by Gasteiger charge is -1.96. The van der Waals surface area contributed by atoms with Crippen molar-refractivity contribution in [2.75, 3.05) is 6.61 Å². The minimum atomic E-state index is 0.728. The maximum absolute atomic E-state index is 8.05. The van der Waals surface area contributed by atoms with E-state index in [1.54, 1.807) is 0 Å². The molecule has 0 aromatic rings. The van der Waals surface area contributed by atoms with Gasteiger partial charge in [-0.05, 0) is 6.42 Å². The summed E-state index contributed by atoms with van der Waals surface area (Å²) in [7, 11) is 0. The quantitative estimate of drug-likeness (QED) is 0.332. The summed E-state index contributed by atoms with van der Waals surface area (Å²) in [5.74, 6) is 0. The smallest absolute Gasteiger partial charge is 0.0944 e. The molecule has 0 radical (unpaired) electrons. The van der Waals surface area contributed by atoms with E-state index in [0.29, 0.717) is 0 Å². The van der Waals surface area contributed by atoms with Crippen molar-refractivity contribution < 1.29 is 4.74 Å². The fraction of sp³-hybridized carbons (Fsp3) is 0.625. The van der Waals surface area contributed by atoms with Gasteiger partial charge in [0.1, 0.15) is 0 Å². The van der Waals surface area contributed by atoms with E-state index in [9.17, 15) is 0 Å². The van der Waals surface area contributed by atoms with Gasteiger partial charge in [0.2, 0.25) is 0 Å². The first-order valence-electron chi connectivity index (χ1n) is 3.58. The molecule has 0 heterocycles. The zero-order valence-electron chi connectivity index (χ0n) is 6.34. The van der Waals surface area contributed by atoms with Gasteiger partial charge in [-0.25, -0.2) is 0 Å². The predicted octanol–water partition coefficient (Wildman–Crippen LogP) is 2.23. The van der Waals surface area contributed by atoms with E-state index in [0.717, 1.165) is 13.0 Å². The molecule has 2 nitrogen and oxygen atoms in total. The van der Waals surface area contributed by atoms with Crippen LogP contribution in [0.5, 0.6) is 0 Å². The molecular weight excluding hydrogens is 126 g/mol. The van der Waals surface area contributed by atoms with Gasteiger partial charge in [-0.3, -0.25) is 0 Å². The van der Waals surface area contributed by atoms with Gasteiger partial charge in [-0.1, -0.05) is 19.8 Å². The van der Waals surface area contributed by atoms with Gasteiger partial charge >= 0.3 is 0 Å². The second-order valence-electron chi connectivity index (χ2n) is 2.01. The highest BCUT2D eigenvalue weighted by molar-refractivity contribution is 4.97. The van der Waals surface area contributed by atoms with Gasteiger partial charge < -0.3 is 4.74 Å². The van der Waals surface area contributed by atoms with Crippen LogP contribution in [0.4, 0.5) is 0 Å². The third-order valence-electron chi connectivity index (χ3n) is 1.10. The summed E-state index contributed by atoms with van der Waals surface area (Å²) >= 11 is 0. The van der Waals surface area contributed by atoms with Crippen LogP contribution in [0, 0.1) is 11.3 Å². The number of hydrogen-bond donors (Lipinski definition) is 0. The third-order valence-corrected chi connectivity index (χ3v) is 1.10. The van der Waals surface area contributed by atoms with Gasteiger partial charge in [-0.15, -0.1) is 0 Å². The number of nitriles is 1.